The third-order valence-electron chi connectivity index (χ3n) is 2.92. The maximum Gasteiger partial charge on any atom is 0.307 e. The predicted octanol–water partition coefficient (Wildman–Crippen LogP) is 1.31. The largest absolute Gasteiger partial charge is 0.481 e. The Kier molecular flexibility index (Phi) is 3.61. The molecule has 1 aromatic heterocycles. The summed E-state index contributed by atoms with van der Waals surface area (Å²) in [5.74, 6) is -0.857. The first-order valence-electron chi connectivity index (χ1n) is 5.83. The number of hydrogen-bond donors (Lipinski definition) is 1. The first-order chi connectivity index (χ1) is 8.87. The molecule has 1 N–H and O–H groups in total. The lowest BCUT2D eigenvalue weighted by atomic mass is 10.1. The molecule has 0 aliphatic heterocycles. The van der Waals surface area contributed by atoms with Crippen LogP contribution < -0.4 is 0 Å². The molecule has 2 rings (SSSR count). The van der Waals surface area contributed by atoms with Crippen molar-refractivity contribution in [1.29, 1.82) is 0 Å². The number of aromatic nitrogens is 1. The number of carboxylic acids is 1. The summed E-state index contributed by atoms with van der Waals surface area (Å²) in [6.45, 7) is 0.332. The number of nitrogens with zero attached hydrogens (tertiary/aromatic N) is 1. The van der Waals surface area contributed by atoms with Gasteiger partial charge in [-0.25, -0.2) is 8.42 Å². The SMILES string of the molecule is CS(=O)(=O)CCn1cc(CC(=O)O)c2ccccc21. The highest BCUT2D eigenvalue weighted by Crippen LogP contribution is 2.21. The van der Waals surface area contributed by atoms with E-state index < -0.39 is 15.8 Å². The molecule has 1 heterocycles. The Morgan fingerprint density at radius 1 is 1.32 bits per heavy atom. The van der Waals surface area contributed by atoms with Crippen LogP contribution in [0.5, 0.6) is 0 Å². The molecule has 0 aliphatic carbocycles. The van der Waals surface area contributed by atoms with Gasteiger partial charge in [0, 0.05) is 29.9 Å². The van der Waals surface area contributed by atoms with Crippen molar-refractivity contribution in [2.45, 2.75) is 13.0 Å². The van der Waals surface area contributed by atoms with Crippen LogP contribution in [0.2, 0.25) is 0 Å². The van der Waals surface area contributed by atoms with Crippen LogP contribution in [0.3, 0.4) is 0 Å². The Hall–Kier alpha value is -1.82. The van der Waals surface area contributed by atoms with Crippen molar-refractivity contribution >= 4 is 26.7 Å². The summed E-state index contributed by atoms with van der Waals surface area (Å²) in [6.07, 6.45) is 2.85. The van der Waals surface area contributed by atoms with Crippen LogP contribution in [0.4, 0.5) is 0 Å². The molecule has 0 fully saturated rings. The van der Waals surface area contributed by atoms with Gasteiger partial charge in [0.2, 0.25) is 0 Å². The summed E-state index contributed by atoms with van der Waals surface area (Å²) in [7, 11) is -3.04. The number of carbonyl (C=O) groups is 1. The van der Waals surface area contributed by atoms with Gasteiger partial charge in [-0.15, -0.1) is 0 Å². The van der Waals surface area contributed by atoms with Gasteiger partial charge >= 0.3 is 5.97 Å². The molecule has 0 radical (unpaired) electrons. The number of carboxylic acid groups (broad SMARTS) is 1. The predicted molar refractivity (Wildman–Crippen MR) is 73.0 cm³/mol. The minimum atomic E-state index is -3.04. The van der Waals surface area contributed by atoms with E-state index in [0.29, 0.717) is 12.1 Å². The third-order valence-corrected chi connectivity index (χ3v) is 3.84. The summed E-state index contributed by atoms with van der Waals surface area (Å²) in [5.41, 5.74) is 1.57. The lowest BCUT2D eigenvalue weighted by Crippen LogP contribution is -2.10. The van der Waals surface area contributed by atoms with Gasteiger partial charge in [-0.1, -0.05) is 18.2 Å². The maximum absolute atomic E-state index is 11.2. The van der Waals surface area contributed by atoms with Gasteiger partial charge in [-0.05, 0) is 11.6 Å². The van der Waals surface area contributed by atoms with Gasteiger partial charge in [-0.2, -0.15) is 0 Å². The number of fused-ring (bicyclic) bond motifs is 1. The lowest BCUT2D eigenvalue weighted by Gasteiger charge is -2.03. The standard InChI is InChI=1S/C13H15NO4S/c1-19(17,18)7-6-14-9-10(8-13(15)16)11-4-2-3-5-12(11)14/h2-5,9H,6-8H2,1H3,(H,15,16). The molecule has 0 amide bonds. The van der Waals surface area contributed by atoms with Crippen molar-refractivity contribution in [3.05, 3.63) is 36.0 Å². The van der Waals surface area contributed by atoms with E-state index in [1.807, 2.05) is 24.3 Å². The van der Waals surface area contributed by atoms with Crippen LogP contribution in [0.25, 0.3) is 10.9 Å². The summed E-state index contributed by atoms with van der Waals surface area (Å²) in [4.78, 5) is 10.8. The van der Waals surface area contributed by atoms with E-state index in [-0.39, 0.29) is 12.2 Å². The molecule has 0 saturated heterocycles. The van der Waals surface area contributed by atoms with Crippen molar-refractivity contribution in [3.63, 3.8) is 0 Å². The molecule has 102 valence electrons. The molecular formula is C13H15NO4S. The fourth-order valence-electron chi connectivity index (χ4n) is 2.08. The first-order valence-corrected chi connectivity index (χ1v) is 7.89. The molecule has 6 heteroatoms. The molecule has 0 unspecified atom stereocenters. The molecule has 0 saturated carbocycles. The van der Waals surface area contributed by atoms with Gasteiger partial charge in [-0.3, -0.25) is 4.79 Å². The van der Waals surface area contributed by atoms with Crippen LogP contribution in [0.15, 0.2) is 30.5 Å². The quantitative estimate of drug-likeness (QED) is 0.896. The normalized spacial score (nSPS) is 11.8. The number of rotatable bonds is 5. The summed E-state index contributed by atoms with van der Waals surface area (Å²) in [5, 5.41) is 9.75. The van der Waals surface area contributed by atoms with E-state index in [1.165, 1.54) is 6.26 Å². The average molecular weight is 281 g/mol. The zero-order valence-corrected chi connectivity index (χ0v) is 11.4. The topological polar surface area (TPSA) is 76.4 Å². The zero-order valence-electron chi connectivity index (χ0n) is 10.5. The average Bonchev–Trinajstić information content (AvgIpc) is 2.64. The first kappa shape index (κ1) is 13.6. The second-order valence-electron chi connectivity index (χ2n) is 4.57. The highest BCUT2D eigenvalue weighted by atomic mass is 32.2. The second-order valence-corrected chi connectivity index (χ2v) is 6.83. The molecule has 2 aromatic rings. The van der Waals surface area contributed by atoms with E-state index in [4.69, 9.17) is 5.11 Å². The van der Waals surface area contributed by atoms with Crippen LogP contribution in [-0.4, -0.2) is 36.1 Å². The summed E-state index contributed by atoms with van der Waals surface area (Å²) < 4.78 is 24.2. The summed E-state index contributed by atoms with van der Waals surface area (Å²) in [6, 6.07) is 7.41. The van der Waals surface area contributed by atoms with Crippen molar-refractivity contribution < 1.29 is 18.3 Å². The Balaban J connectivity index is 2.41. The maximum atomic E-state index is 11.2. The van der Waals surface area contributed by atoms with Gasteiger partial charge in [0.15, 0.2) is 0 Å². The van der Waals surface area contributed by atoms with Crippen LogP contribution in [0, 0.1) is 0 Å². The number of aliphatic carboxylic acids is 1. The van der Waals surface area contributed by atoms with Crippen molar-refractivity contribution in [2.75, 3.05) is 12.0 Å². The van der Waals surface area contributed by atoms with Crippen molar-refractivity contribution in [1.82, 2.24) is 4.57 Å². The van der Waals surface area contributed by atoms with Crippen LogP contribution >= 0.6 is 0 Å². The number of aryl methyl sites for hydroxylation is 1. The molecule has 19 heavy (non-hydrogen) atoms. The lowest BCUT2D eigenvalue weighted by molar-refractivity contribution is -0.136. The fourth-order valence-corrected chi connectivity index (χ4v) is 2.60. The van der Waals surface area contributed by atoms with Crippen molar-refractivity contribution in [3.8, 4) is 0 Å². The van der Waals surface area contributed by atoms with E-state index in [2.05, 4.69) is 0 Å². The van der Waals surface area contributed by atoms with Gasteiger partial charge < -0.3 is 9.67 Å². The number of para-hydroxylation sites is 1. The van der Waals surface area contributed by atoms with Gasteiger partial charge in [0.25, 0.3) is 0 Å². The molecule has 5 nitrogen and oxygen atoms in total. The number of sulfone groups is 1. The molecule has 0 spiro atoms. The Bertz CT molecular complexity index is 715. The minimum absolute atomic E-state index is 0.0399. The number of benzene rings is 1. The minimum Gasteiger partial charge on any atom is -0.481 e. The second kappa shape index (κ2) is 5.05. The zero-order chi connectivity index (χ0) is 14.0. The van der Waals surface area contributed by atoms with E-state index in [1.54, 1.807) is 10.8 Å². The Morgan fingerprint density at radius 2 is 2.00 bits per heavy atom. The summed E-state index contributed by atoms with van der Waals surface area (Å²) >= 11 is 0. The highest BCUT2D eigenvalue weighted by Gasteiger charge is 2.12. The van der Waals surface area contributed by atoms with Crippen LogP contribution in [0.1, 0.15) is 5.56 Å². The molecule has 0 atom stereocenters. The third kappa shape index (κ3) is 3.35. The highest BCUT2D eigenvalue weighted by molar-refractivity contribution is 7.90. The van der Waals surface area contributed by atoms with E-state index in [0.717, 1.165) is 10.9 Å². The Labute approximate surface area is 111 Å². The fraction of sp³-hybridized carbons (Fsp3) is 0.308. The van der Waals surface area contributed by atoms with Gasteiger partial charge in [0.1, 0.15) is 9.84 Å². The van der Waals surface area contributed by atoms with E-state index in [9.17, 15) is 13.2 Å². The molecular weight excluding hydrogens is 266 g/mol. The molecule has 1 aromatic carbocycles. The van der Waals surface area contributed by atoms with Crippen LogP contribution in [-0.2, 0) is 27.6 Å². The molecule has 0 aliphatic rings. The van der Waals surface area contributed by atoms with Gasteiger partial charge in [0.05, 0.1) is 12.2 Å². The monoisotopic (exact) mass is 281 g/mol. The molecule has 0 bridgehead atoms. The Morgan fingerprint density at radius 3 is 2.63 bits per heavy atom. The van der Waals surface area contributed by atoms with Crippen molar-refractivity contribution in [2.24, 2.45) is 0 Å². The smallest absolute Gasteiger partial charge is 0.307 e. The number of hydrogen-bond acceptors (Lipinski definition) is 3. The van der Waals surface area contributed by atoms with E-state index >= 15 is 0 Å².